The van der Waals surface area contributed by atoms with E-state index < -0.39 is 24.5 Å². The van der Waals surface area contributed by atoms with Gasteiger partial charge in [-0.05, 0) is 43.3 Å². The van der Waals surface area contributed by atoms with E-state index in [2.05, 4.69) is 5.32 Å². The fourth-order valence-corrected chi connectivity index (χ4v) is 2.44. The van der Waals surface area contributed by atoms with Gasteiger partial charge in [-0.25, -0.2) is 4.79 Å². The van der Waals surface area contributed by atoms with E-state index in [1.54, 1.807) is 43.3 Å². The van der Waals surface area contributed by atoms with Crippen LogP contribution in [0.1, 0.15) is 40.5 Å². The molecule has 8 nitrogen and oxygen atoms in total. The molecule has 0 radical (unpaired) electrons. The number of benzene rings is 2. The van der Waals surface area contributed by atoms with Crippen molar-refractivity contribution in [1.29, 1.82) is 0 Å². The molecule has 2 aromatic rings. The highest BCUT2D eigenvalue weighted by molar-refractivity contribution is 5.98. The van der Waals surface area contributed by atoms with Crippen LogP contribution in [0.3, 0.4) is 0 Å². The van der Waals surface area contributed by atoms with Gasteiger partial charge in [0.15, 0.2) is 12.4 Å². The Bertz CT molecular complexity index is 906. The summed E-state index contributed by atoms with van der Waals surface area (Å²) in [6, 6.07) is 12.7. The summed E-state index contributed by atoms with van der Waals surface area (Å²) >= 11 is 0. The minimum atomic E-state index is -0.654. The van der Waals surface area contributed by atoms with Gasteiger partial charge in [0, 0.05) is 17.7 Å². The molecule has 0 aliphatic rings. The second kappa shape index (κ2) is 11.4. The third-order valence-electron chi connectivity index (χ3n) is 3.99. The zero-order chi connectivity index (χ0) is 21.9. The molecule has 0 heterocycles. The van der Waals surface area contributed by atoms with Crippen LogP contribution in [0, 0.1) is 0 Å². The quantitative estimate of drug-likeness (QED) is 0.471. The van der Waals surface area contributed by atoms with Crippen LogP contribution in [0.15, 0.2) is 48.5 Å². The molecule has 0 bridgehead atoms. The maximum absolute atomic E-state index is 12.1. The molecule has 0 aliphatic heterocycles. The summed E-state index contributed by atoms with van der Waals surface area (Å²) in [6.45, 7) is 1.58. The number of nitrogens with one attached hydrogen (secondary N) is 1. The lowest BCUT2D eigenvalue weighted by molar-refractivity contribution is -0.143. The lowest BCUT2D eigenvalue weighted by Gasteiger charge is -2.07. The summed E-state index contributed by atoms with van der Waals surface area (Å²) in [5.74, 6) is -1.33. The summed E-state index contributed by atoms with van der Waals surface area (Å²) in [6.07, 6.45) is -0.274. The number of rotatable bonds is 10. The van der Waals surface area contributed by atoms with Crippen molar-refractivity contribution in [1.82, 2.24) is 0 Å². The van der Waals surface area contributed by atoms with Crippen molar-refractivity contribution in [3.8, 4) is 5.75 Å². The van der Waals surface area contributed by atoms with Crippen LogP contribution >= 0.6 is 0 Å². The average Bonchev–Trinajstić information content (AvgIpc) is 2.76. The molecule has 0 saturated carbocycles. The fraction of sp³-hybridized carbons (Fsp3) is 0.273. The molecule has 0 fully saturated rings. The first-order valence-corrected chi connectivity index (χ1v) is 9.32. The van der Waals surface area contributed by atoms with Crippen molar-refractivity contribution in [2.45, 2.75) is 19.8 Å². The molecule has 0 aliphatic carbocycles. The molecule has 0 aromatic heterocycles. The second-order valence-corrected chi connectivity index (χ2v) is 6.16. The first-order valence-electron chi connectivity index (χ1n) is 9.32. The van der Waals surface area contributed by atoms with Crippen molar-refractivity contribution < 1.29 is 33.4 Å². The lowest BCUT2D eigenvalue weighted by atomic mass is 10.1. The van der Waals surface area contributed by atoms with Crippen LogP contribution in [0.2, 0.25) is 0 Å². The van der Waals surface area contributed by atoms with Gasteiger partial charge in [0.25, 0.3) is 0 Å². The van der Waals surface area contributed by atoms with Crippen LogP contribution in [0.25, 0.3) is 0 Å². The first-order chi connectivity index (χ1) is 14.4. The summed E-state index contributed by atoms with van der Waals surface area (Å²) in [4.78, 5) is 47.5. The summed E-state index contributed by atoms with van der Waals surface area (Å²) in [5, 5.41) is 2.62. The SMILES string of the molecule is CCOC(=O)c1ccc(NC(=O)CCC(=O)OCC(=O)c2cccc(OC)c2)cc1. The Hall–Kier alpha value is -3.68. The molecule has 2 aromatic carbocycles. The van der Waals surface area contributed by atoms with Gasteiger partial charge in [-0.3, -0.25) is 14.4 Å². The molecule has 0 spiro atoms. The van der Waals surface area contributed by atoms with E-state index in [1.807, 2.05) is 0 Å². The predicted octanol–water partition coefficient (Wildman–Crippen LogP) is 3.02. The monoisotopic (exact) mass is 413 g/mol. The highest BCUT2D eigenvalue weighted by atomic mass is 16.5. The van der Waals surface area contributed by atoms with E-state index in [1.165, 1.54) is 19.2 Å². The standard InChI is InChI=1S/C22H23NO7/c1-3-29-22(27)15-7-9-17(10-8-15)23-20(25)11-12-21(26)30-14-19(24)16-5-4-6-18(13-16)28-2/h4-10,13H,3,11-12,14H2,1-2H3,(H,23,25). The Labute approximate surface area is 174 Å². The zero-order valence-electron chi connectivity index (χ0n) is 16.8. The van der Waals surface area contributed by atoms with Crippen molar-refractivity contribution in [3.63, 3.8) is 0 Å². The molecule has 0 saturated heterocycles. The third kappa shape index (κ3) is 7.05. The smallest absolute Gasteiger partial charge is 0.338 e. The van der Waals surface area contributed by atoms with E-state index >= 15 is 0 Å². The Morgan fingerprint density at radius 3 is 2.30 bits per heavy atom. The largest absolute Gasteiger partial charge is 0.497 e. The number of ketones is 1. The number of Topliss-reactive ketones (excluding diaryl/α,β-unsaturated/α-hetero) is 1. The first kappa shape index (κ1) is 22.6. The van der Waals surface area contributed by atoms with Crippen LogP contribution in [0.5, 0.6) is 5.75 Å². The maximum atomic E-state index is 12.1. The number of carbonyl (C=O) groups excluding carboxylic acids is 4. The molecule has 158 valence electrons. The van der Waals surface area contributed by atoms with Gasteiger partial charge in [0.05, 0.1) is 25.7 Å². The van der Waals surface area contributed by atoms with E-state index in [9.17, 15) is 19.2 Å². The number of anilines is 1. The zero-order valence-corrected chi connectivity index (χ0v) is 16.8. The lowest BCUT2D eigenvalue weighted by Crippen LogP contribution is -2.17. The number of methoxy groups -OCH3 is 1. The van der Waals surface area contributed by atoms with Gasteiger partial charge >= 0.3 is 11.9 Å². The highest BCUT2D eigenvalue weighted by Gasteiger charge is 2.13. The number of hydrogen-bond donors (Lipinski definition) is 1. The summed E-state index contributed by atoms with van der Waals surface area (Å²) in [5.41, 5.74) is 1.22. The van der Waals surface area contributed by atoms with E-state index in [0.717, 1.165) is 0 Å². The molecular weight excluding hydrogens is 390 g/mol. The van der Waals surface area contributed by atoms with Gasteiger partial charge in [0.1, 0.15) is 5.75 Å². The molecule has 1 N–H and O–H groups in total. The van der Waals surface area contributed by atoms with Crippen LogP contribution in [0.4, 0.5) is 5.69 Å². The van der Waals surface area contributed by atoms with Crippen molar-refractivity contribution >= 4 is 29.3 Å². The average molecular weight is 413 g/mol. The maximum Gasteiger partial charge on any atom is 0.338 e. The Balaban J connectivity index is 1.74. The summed E-state index contributed by atoms with van der Waals surface area (Å²) in [7, 11) is 1.49. The molecule has 30 heavy (non-hydrogen) atoms. The van der Waals surface area contributed by atoms with Gasteiger partial charge in [-0.15, -0.1) is 0 Å². The topological polar surface area (TPSA) is 108 Å². The molecule has 0 atom stereocenters. The molecule has 2 rings (SSSR count). The van der Waals surface area contributed by atoms with Crippen LogP contribution in [-0.4, -0.2) is 44.0 Å². The van der Waals surface area contributed by atoms with Crippen molar-refractivity contribution in [2.24, 2.45) is 0 Å². The number of ether oxygens (including phenoxy) is 3. The second-order valence-electron chi connectivity index (χ2n) is 6.16. The van der Waals surface area contributed by atoms with Crippen molar-refractivity contribution in [3.05, 3.63) is 59.7 Å². The highest BCUT2D eigenvalue weighted by Crippen LogP contribution is 2.14. The molecule has 1 amide bonds. The normalized spacial score (nSPS) is 10.1. The predicted molar refractivity (Wildman–Crippen MR) is 109 cm³/mol. The van der Waals surface area contributed by atoms with E-state index in [0.29, 0.717) is 22.6 Å². The van der Waals surface area contributed by atoms with Crippen molar-refractivity contribution in [2.75, 3.05) is 25.6 Å². The number of esters is 2. The minimum Gasteiger partial charge on any atom is -0.497 e. The molecule has 8 heteroatoms. The van der Waals surface area contributed by atoms with Gasteiger partial charge in [-0.1, -0.05) is 12.1 Å². The van der Waals surface area contributed by atoms with Gasteiger partial charge in [0.2, 0.25) is 5.91 Å². The third-order valence-corrected chi connectivity index (χ3v) is 3.99. The molecule has 0 unspecified atom stereocenters. The number of carbonyl (C=O) groups is 4. The number of hydrogen-bond acceptors (Lipinski definition) is 7. The van der Waals surface area contributed by atoms with E-state index in [4.69, 9.17) is 14.2 Å². The minimum absolute atomic E-state index is 0.105. The Kier molecular flexibility index (Phi) is 8.56. The Morgan fingerprint density at radius 1 is 0.900 bits per heavy atom. The number of amides is 1. The summed E-state index contributed by atoms with van der Waals surface area (Å²) < 4.78 is 14.9. The van der Waals surface area contributed by atoms with Gasteiger partial charge < -0.3 is 19.5 Å². The van der Waals surface area contributed by atoms with Crippen LogP contribution < -0.4 is 10.1 Å². The van der Waals surface area contributed by atoms with Crippen LogP contribution in [-0.2, 0) is 19.1 Å². The van der Waals surface area contributed by atoms with Gasteiger partial charge in [-0.2, -0.15) is 0 Å². The fourth-order valence-electron chi connectivity index (χ4n) is 2.44. The van der Waals surface area contributed by atoms with E-state index in [-0.39, 0.29) is 25.2 Å². The molecular formula is C22H23NO7. The Morgan fingerprint density at radius 2 is 1.63 bits per heavy atom.